The molecule has 1 heterocycles. The number of rotatable bonds is 9. The van der Waals surface area contributed by atoms with E-state index in [1.54, 1.807) is 6.07 Å². The molecule has 18 heavy (non-hydrogen) atoms. The summed E-state index contributed by atoms with van der Waals surface area (Å²) in [5.41, 5.74) is 2.50. The number of aromatic nitrogens is 2. The lowest BCUT2D eigenvalue weighted by Gasteiger charge is -2.08. The minimum atomic E-state index is 0.0575. The van der Waals surface area contributed by atoms with Gasteiger partial charge in [-0.2, -0.15) is 0 Å². The van der Waals surface area contributed by atoms with Gasteiger partial charge in [-0.05, 0) is 12.7 Å². The van der Waals surface area contributed by atoms with Gasteiger partial charge in [0, 0.05) is 19.2 Å². The highest BCUT2D eigenvalue weighted by atomic mass is 32.2. The third kappa shape index (κ3) is 5.50. The smallest absolute Gasteiger partial charge is 0.191 e. The van der Waals surface area contributed by atoms with Gasteiger partial charge < -0.3 is 20.6 Å². The minimum absolute atomic E-state index is 0.0575. The van der Waals surface area contributed by atoms with E-state index in [9.17, 15) is 0 Å². The Kier molecular flexibility index (Phi) is 7.42. The van der Waals surface area contributed by atoms with Crippen molar-refractivity contribution in [2.24, 2.45) is 5.84 Å². The van der Waals surface area contributed by atoms with Crippen LogP contribution in [-0.4, -0.2) is 47.7 Å². The topological polar surface area (TPSA) is 105 Å². The third-order valence-corrected chi connectivity index (χ3v) is 2.59. The summed E-state index contributed by atoms with van der Waals surface area (Å²) in [6.45, 7) is 1.78. The lowest BCUT2D eigenvalue weighted by molar-refractivity contribution is 0.0922. The minimum Gasteiger partial charge on any atom is -0.394 e. The van der Waals surface area contributed by atoms with Gasteiger partial charge in [0.25, 0.3) is 0 Å². The fourth-order valence-electron chi connectivity index (χ4n) is 1.24. The van der Waals surface area contributed by atoms with Gasteiger partial charge in [-0.15, -0.1) is 0 Å². The molecule has 0 aliphatic rings. The number of nitrogens with one attached hydrogen (secondary N) is 2. The van der Waals surface area contributed by atoms with E-state index in [-0.39, 0.29) is 6.61 Å². The standard InChI is InChI=1S/C10H19N5O2S/c1-18-10-13-8(7-9(14-10)15-11)12-3-2-5-17-6-4-16/h7,16H,2-6,11H2,1H3,(H2,12,13,14,15). The average molecular weight is 273 g/mol. The summed E-state index contributed by atoms with van der Waals surface area (Å²) < 4.78 is 5.15. The van der Waals surface area contributed by atoms with Crippen LogP contribution in [0.25, 0.3) is 0 Å². The van der Waals surface area contributed by atoms with E-state index in [2.05, 4.69) is 20.7 Å². The Hall–Kier alpha value is -1.09. The van der Waals surface area contributed by atoms with Gasteiger partial charge in [-0.25, -0.2) is 15.8 Å². The first-order valence-corrected chi connectivity index (χ1v) is 6.84. The zero-order valence-corrected chi connectivity index (χ0v) is 11.2. The molecule has 0 radical (unpaired) electrons. The first-order valence-electron chi connectivity index (χ1n) is 5.62. The van der Waals surface area contributed by atoms with Crippen molar-refractivity contribution in [2.45, 2.75) is 11.6 Å². The molecule has 8 heteroatoms. The number of thioether (sulfide) groups is 1. The van der Waals surface area contributed by atoms with Gasteiger partial charge in [0.1, 0.15) is 11.6 Å². The molecule has 0 aromatic carbocycles. The number of aliphatic hydroxyl groups is 1. The molecule has 0 spiro atoms. The molecule has 0 aliphatic carbocycles. The second kappa shape index (κ2) is 8.92. The van der Waals surface area contributed by atoms with Gasteiger partial charge in [0.2, 0.25) is 0 Å². The maximum Gasteiger partial charge on any atom is 0.191 e. The van der Waals surface area contributed by atoms with Crippen LogP contribution in [0.5, 0.6) is 0 Å². The summed E-state index contributed by atoms with van der Waals surface area (Å²) in [6, 6.07) is 1.74. The van der Waals surface area contributed by atoms with Crippen LogP contribution in [0.1, 0.15) is 6.42 Å². The summed E-state index contributed by atoms with van der Waals surface area (Å²) in [7, 11) is 0. The second-order valence-electron chi connectivity index (χ2n) is 3.39. The van der Waals surface area contributed by atoms with Crippen LogP contribution in [0.15, 0.2) is 11.2 Å². The predicted octanol–water partition coefficient (Wildman–Crippen LogP) is 0.295. The molecular formula is C10H19N5O2S. The fraction of sp³-hybridized carbons (Fsp3) is 0.600. The van der Waals surface area contributed by atoms with E-state index in [4.69, 9.17) is 15.7 Å². The van der Waals surface area contributed by atoms with Crippen LogP contribution in [0.3, 0.4) is 0 Å². The van der Waals surface area contributed by atoms with E-state index >= 15 is 0 Å². The molecule has 0 amide bonds. The Labute approximate surface area is 111 Å². The van der Waals surface area contributed by atoms with Crippen LogP contribution >= 0.6 is 11.8 Å². The van der Waals surface area contributed by atoms with E-state index < -0.39 is 0 Å². The van der Waals surface area contributed by atoms with Gasteiger partial charge in [-0.1, -0.05) is 11.8 Å². The summed E-state index contributed by atoms with van der Waals surface area (Å²) >= 11 is 1.45. The largest absolute Gasteiger partial charge is 0.394 e. The number of aliphatic hydroxyl groups excluding tert-OH is 1. The number of anilines is 2. The van der Waals surface area contributed by atoms with Crippen molar-refractivity contribution in [3.05, 3.63) is 6.07 Å². The monoisotopic (exact) mass is 273 g/mol. The van der Waals surface area contributed by atoms with Crippen molar-refractivity contribution >= 4 is 23.4 Å². The van der Waals surface area contributed by atoms with Gasteiger partial charge in [0.15, 0.2) is 5.16 Å². The molecular weight excluding hydrogens is 254 g/mol. The van der Waals surface area contributed by atoms with Crippen LogP contribution in [-0.2, 0) is 4.74 Å². The second-order valence-corrected chi connectivity index (χ2v) is 4.16. The highest BCUT2D eigenvalue weighted by Crippen LogP contribution is 2.16. The number of hydrogen-bond acceptors (Lipinski definition) is 8. The Morgan fingerprint density at radius 3 is 2.83 bits per heavy atom. The zero-order valence-electron chi connectivity index (χ0n) is 10.3. The maximum absolute atomic E-state index is 8.54. The Morgan fingerprint density at radius 1 is 1.39 bits per heavy atom. The SMILES string of the molecule is CSc1nc(NN)cc(NCCCOCCO)n1. The van der Waals surface area contributed by atoms with Crippen molar-refractivity contribution in [3.8, 4) is 0 Å². The van der Waals surface area contributed by atoms with Crippen LogP contribution in [0.2, 0.25) is 0 Å². The summed E-state index contributed by atoms with van der Waals surface area (Å²) in [4.78, 5) is 8.46. The molecule has 0 bridgehead atoms. The molecule has 0 saturated heterocycles. The number of hydrogen-bond donors (Lipinski definition) is 4. The van der Waals surface area contributed by atoms with Crippen LogP contribution in [0, 0.1) is 0 Å². The third-order valence-electron chi connectivity index (χ3n) is 2.04. The molecule has 0 atom stereocenters. The lowest BCUT2D eigenvalue weighted by atomic mass is 10.4. The molecule has 1 rings (SSSR count). The van der Waals surface area contributed by atoms with E-state index in [1.807, 2.05) is 6.26 Å². The average Bonchev–Trinajstić information content (AvgIpc) is 2.42. The number of ether oxygens (including phenoxy) is 1. The molecule has 5 N–H and O–H groups in total. The Morgan fingerprint density at radius 2 is 2.17 bits per heavy atom. The van der Waals surface area contributed by atoms with Gasteiger partial charge in [0.05, 0.1) is 13.2 Å². The number of nitrogens with zero attached hydrogens (tertiary/aromatic N) is 2. The summed E-state index contributed by atoms with van der Waals surface area (Å²) in [6.07, 6.45) is 2.74. The Balaban J connectivity index is 2.36. The van der Waals surface area contributed by atoms with Crippen LogP contribution < -0.4 is 16.6 Å². The van der Waals surface area contributed by atoms with Gasteiger partial charge >= 0.3 is 0 Å². The predicted molar refractivity (Wildman–Crippen MR) is 72.6 cm³/mol. The fourth-order valence-corrected chi connectivity index (χ4v) is 1.62. The van der Waals surface area contributed by atoms with Crippen molar-refractivity contribution < 1.29 is 9.84 Å². The highest BCUT2D eigenvalue weighted by Gasteiger charge is 2.02. The van der Waals surface area contributed by atoms with Crippen molar-refractivity contribution in [1.82, 2.24) is 9.97 Å². The normalized spacial score (nSPS) is 10.4. The van der Waals surface area contributed by atoms with Gasteiger partial charge in [-0.3, -0.25) is 0 Å². The Bertz CT molecular complexity index is 331. The molecule has 7 nitrogen and oxygen atoms in total. The number of nitrogen functional groups attached to an aromatic ring is 1. The summed E-state index contributed by atoms with van der Waals surface area (Å²) in [5.74, 6) is 6.63. The molecule has 1 aromatic rings. The quantitative estimate of drug-likeness (QED) is 0.167. The highest BCUT2D eigenvalue weighted by molar-refractivity contribution is 7.98. The molecule has 0 unspecified atom stereocenters. The van der Waals surface area contributed by atoms with Crippen molar-refractivity contribution in [3.63, 3.8) is 0 Å². The van der Waals surface area contributed by atoms with E-state index in [1.165, 1.54) is 11.8 Å². The lowest BCUT2D eigenvalue weighted by Crippen LogP contribution is -2.12. The maximum atomic E-state index is 8.54. The summed E-state index contributed by atoms with van der Waals surface area (Å²) in [5, 5.41) is 12.4. The van der Waals surface area contributed by atoms with Crippen LogP contribution in [0.4, 0.5) is 11.6 Å². The number of nitrogens with two attached hydrogens (primary N) is 1. The zero-order chi connectivity index (χ0) is 13.2. The van der Waals surface area contributed by atoms with Crippen molar-refractivity contribution in [1.29, 1.82) is 0 Å². The molecule has 1 aromatic heterocycles. The first kappa shape index (κ1) is 15.0. The first-order chi connectivity index (χ1) is 8.80. The van der Waals surface area contributed by atoms with E-state index in [0.717, 1.165) is 18.8 Å². The van der Waals surface area contributed by atoms with Crippen molar-refractivity contribution in [2.75, 3.05) is 43.4 Å². The number of hydrazine groups is 1. The molecule has 102 valence electrons. The molecule has 0 saturated carbocycles. The molecule has 0 fully saturated rings. The molecule has 0 aliphatic heterocycles. The van der Waals surface area contributed by atoms with E-state index in [0.29, 0.717) is 24.2 Å².